The molecule has 1 saturated heterocycles. The van der Waals surface area contributed by atoms with Crippen molar-refractivity contribution in [1.29, 1.82) is 0 Å². The summed E-state index contributed by atoms with van der Waals surface area (Å²) >= 11 is 0. The lowest BCUT2D eigenvalue weighted by Crippen LogP contribution is -2.26. The summed E-state index contributed by atoms with van der Waals surface area (Å²) in [6.07, 6.45) is 1.08. The Bertz CT molecular complexity index is 451. The van der Waals surface area contributed by atoms with Crippen LogP contribution in [-0.2, 0) is 18.1 Å². The van der Waals surface area contributed by atoms with Gasteiger partial charge in [0.05, 0.1) is 25.0 Å². The van der Waals surface area contributed by atoms with Crippen molar-refractivity contribution < 1.29 is 18.1 Å². The highest BCUT2D eigenvalue weighted by molar-refractivity contribution is 7.60. The van der Waals surface area contributed by atoms with Gasteiger partial charge < -0.3 is 13.6 Å². The number of rotatable bonds is 7. The third kappa shape index (κ3) is 3.16. The van der Waals surface area contributed by atoms with E-state index < -0.39 is 15.7 Å². The Morgan fingerprint density at radius 1 is 1.19 bits per heavy atom. The van der Waals surface area contributed by atoms with Crippen molar-refractivity contribution >= 4 is 15.7 Å². The van der Waals surface area contributed by atoms with Crippen molar-refractivity contribution in [2.45, 2.75) is 71.0 Å². The van der Waals surface area contributed by atoms with Crippen LogP contribution >= 0.6 is 15.7 Å². The van der Waals surface area contributed by atoms with Crippen molar-refractivity contribution in [3.8, 4) is 0 Å². The lowest BCUT2D eigenvalue weighted by atomic mass is 9.94. The van der Waals surface area contributed by atoms with Crippen molar-refractivity contribution in [1.82, 2.24) is 0 Å². The van der Waals surface area contributed by atoms with Crippen LogP contribution in [0, 0.1) is 0 Å². The minimum Gasteiger partial charge on any atom is -0.355 e. The summed E-state index contributed by atoms with van der Waals surface area (Å²) in [5, 5.41) is 0. The maximum atomic E-state index is 13.2. The number of allylic oxidation sites excluding steroid dienone is 2. The Labute approximate surface area is 130 Å². The molecule has 21 heavy (non-hydrogen) atoms. The molecular formula is C15H28O4P2. The third-order valence-corrected chi connectivity index (χ3v) is 10.3. The van der Waals surface area contributed by atoms with E-state index in [0.29, 0.717) is 18.9 Å². The Kier molecular flexibility index (Phi) is 5.71. The van der Waals surface area contributed by atoms with Gasteiger partial charge in [-0.25, -0.2) is 0 Å². The molecule has 1 fully saturated rings. The lowest BCUT2D eigenvalue weighted by molar-refractivity contribution is 0.211. The van der Waals surface area contributed by atoms with E-state index in [-0.39, 0.29) is 17.4 Å². The Morgan fingerprint density at radius 3 is 2.24 bits per heavy atom. The summed E-state index contributed by atoms with van der Waals surface area (Å²) in [6, 6.07) is 0. The molecule has 2 aliphatic heterocycles. The fourth-order valence-corrected chi connectivity index (χ4v) is 9.93. The van der Waals surface area contributed by atoms with E-state index in [1.165, 1.54) is 11.1 Å². The molecule has 0 aromatic heterocycles. The second-order valence-electron chi connectivity index (χ2n) is 6.02. The summed E-state index contributed by atoms with van der Waals surface area (Å²) in [5.74, 6) is 0. The molecule has 122 valence electrons. The van der Waals surface area contributed by atoms with Gasteiger partial charge in [0.2, 0.25) is 0 Å². The van der Waals surface area contributed by atoms with Crippen LogP contribution in [0.2, 0.25) is 0 Å². The van der Waals surface area contributed by atoms with Crippen LogP contribution in [0.5, 0.6) is 0 Å². The van der Waals surface area contributed by atoms with Crippen molar-refractivity contribution in [3.63, 3.8) is 0 Å². The van der Waals surface area contributed by atoms with Crippen LogP contribution in [0.1, 0.15) is 48.0 Å². The number of hydrogen-bond donors (Lipinski definition) is 0. The van der Waals surface area contributed by atoms with Crippen LogP contribution in [0.15, 0.2) is 11.1 Å². The normalized spacial score (nSPS) is 32.5. The maximum Gasteiger partial charge on any atom is 0.334 e. The van der Waals surface area contributed by atoms with Gasteiger partial charge in [0, 0.05) is 19.5 Å². The van der Waals surface area contributed by atoms with Crippen molar-refractivity contribution in [2.75, 3.05) is 13.2 Å². The van der Waals surface area contributed by atoms with Gasteiger partial charge in [-0.3, -0.25) is 4.57 Å². The van der Waals surface area contributed by atoms with E-state index in [1.54, 1.807) is 0 Å². The summed E-state index contributed by atoms with van der Waals surface area (Å²) in [4.78, 5) is 0. The predicted molar refractivity (Wildman–Crippen MR) is 88.4 cm³/mol. The first kappa shape index (κ1) is 17.6. The fraction of sp³-hybridized carbons (Fsp3) is 0.867. The molecule has 0 radical (unpaired) electrons. The van der Waals surface area contributed by atoms with Gasteiger partial charge in [-0.2, -0.15) is 0 Å². The first-order valence-electron chi connectivity index (χ1n) is 7.86. The molecule has 2 aliphatic rings. The van der Waals surface area contributed by atoms with Gasteiger partial charge >= 0.3 is 7.60 Å². The number of hydrogen-bond acceptors (Lipinski definition) is 4. The fourth-order valence-electron chi connectivity index (χ4n) is 3.44. The number of fused-ring (bicyclic) bond motifs is 2. The average Bonchev–Trinajstić information content (AvgIpc) is 2.85. The zero-order valence-electron chi connectivity index (χ0n) is 14.0. The molecule has 0 aromatic carbocycles. The monoisotopic (exact) mass is 334 g/mol. The molecule has 0 spiro atoms. The maximum absolute atomic E-state index is 13.2. The minimum atomic E-state index is -3.05. The third-order valence-electron chi connectivity index (χ3n) is 4.33. The van der Waals surface area contributed by atoms with E-state index >= 15 is 0 Å². The molecule has 4 atom stereocenters. The molecular weight excluding hydrogens is 306 g/mol. The highest BCUT2D eigenvalue weighted by Gasteiger charge is 2.58. The Morgan fingerprint density at radius 2 is 1.76 bits per heavy atom. The first-order chi connectivity index (χ1) is 9.85. The van der Waals surface area contributed by atoms with E-state index in [9.17, 15) is 4.57 Å². The highest BCUT2D eigenvalue weighted by Crippen LogP contribution is 2.74. The summed E-state index contributed by atoms with van der Waals surface area (Å²) in [6.45, 7) is 13.1. The quantitative estimate of drug-likeness (QED) is 0.489. The zero-order chi connectivity index (χ0) is 15.8. The van der Waals surface area contributed by atoms with Gasteiger partial charge in [-0.15, -0.1) is 0 Å². The van der Waals surface area contributed by atoms with Gasteiger partial charge in [-0.1, -0.05) is 11.1 Å². The van der Waals surface area contributed by atoms with Gasteiger partial charge in [-0.05, 0) is 48.0 Å². The van der Waals surface area contributed by atoms with Crippen LogP contribution < -0.4 is 0 Å². The van der Waals surface area contributed by atoms with Gasteiger partial charge in [0.25, 0.3) is 0 Å². The molecule has 2 heterocycles. The summed E-state index contributed by atoms with van der Waals surface area (Å²) < 4.78 is 30.6. The standard InChI is InChI=1S/C15H28O4P2/c1-7-17-21(16,18-8-2)14-9-13-11(5)12(6)15(14)20(13)19-10(3)4/h10,13-15H,7-9H2,1-6H3/t13-,14-,15-,20?/m0/s1. The SMILES string of the molecule is CCOP(=O)(OCC)[C@H]1C[C@H]2C(C)=C(C)[C@@H]1P2OC(C)C. The van der Waals surface area contributed by atoms with Crippen LogP contribution in [-0.4, -0.2) is 36.3 Å². The van der Waals surface area contributed by atoms with E-state index in [4.69, 9.17) is 13.6 Å². The molecule has 2 bridgehead atoms. The highest BCUT2D eigenvalue weighted by atomic mass is 31.2. The Balaban J connectivity index is 2.29. The van der Waals surface area contributed by atoms with Crippen LogP contribution in [0.4, 0.5) is 0 Å². The molecule has 4 nitrogen and oxygen atoms in total. The van der Waals surface area contributed by atoms with Gasteiger partial charge in [0.15, 0.2) is 0 Å². The molecule has 6 heteroatoms. The van der Waals surface area contributed by atoms with Crippen molar-refractivity contribution in [3.05, 3.63) is 11.1 Å². The molecule has 2 rings (SSSR count). The zero-order valence-corrected chi connectivity index (χ0v) is 15.7. The van der Waals surface area contributed by atoms with Gasteiger partial charge in [0.1, 0.15) is 0 Å². The van der Waals surface area contributed by atoms with Crippen LogP contribution in [0.25, 0.3) is 0 Å². The second kappa shape index (κ2) is 6.81. The summed E-state index contributed by atoms with van der Waals surface area (Å²) in [5.41, 5.74) is 3.41. The largest absolute Gasteiger partial charge is 0.355 e. The molecule has 0 N–H and O–H groups in total. The molecule has 0 amide bonds. The Hall–Kier alpha value is 0.280. The molecule has 1 unspecified atom stereocenters. The topological polar surface area (TPSA) is 44.8 Å². The van der Waals surface area contributed by atoms with Crippen LogP contribution in [0.3, 0.4) is 0 Å². The summed E-state index contributed by atoms with van der Waals surface area (Å²) in [7, 11) is -3.66. The first-order valence-corrected chi connectivity index (χ1v) is 10.9. The smallest absolute Gasteiger partial charge is 0.334 e. The predicted octanol–water partition coefficient (Wildman–Crippen LogP) is 4.93. The minimum absolute atomic E-state index is 0.0315. The van der Waals surface area contributed by atoms with Crippen molar-refractivity contribution in [2.24, 2.45) is 0 Å². The van der Waals surface area contributed by atoms with E-state index in [2.05, 4.69) is 27.7 Å². The lowest BCUT2D eigenvalue weighted by Gasteiger charge is -2.30. The second-order valence-corrected chi connectivity index (χ2v) is 10.4. The van der Waals surface area contributed by atoms with E-state index in [1.807, 2.05) is 13.8 Å². The molecule has 0 saturated carbocycles. The molecule has 0 aromatic rings. The molecule has 0 aliphatic carbocycles. The van der Waals surface area contributed by atoms with E-state index in [0.717, 1.165) is 6.42 Å². The average molecular weight is 334 g/mol.